The van der Waals surface area contributed by atoms with Crippen LogP contribution in [0.3, 0.4) is 0 Å². The Morgan fingerprint density at radius 2 is 2.40 bits per heavy atom. The second kappa shape index (κ2) is 4.77. The van der Waals surface area contributed by atoms with E-state index in [-0.39, 0.29) is 0 Å². The average Bonchev–Trinajstić information content (AvgIpc) is 2.64. The van der Waals surface area contributed by atoms with E-state index in [1.54, 1.807) is 7.11 Å². The molecule has 2 aromatic heterocycles. The van der Waals surface area contributed by atoms with Crippen LogP contribution in [0, 0.1) is 0 Å². The maximum atomic E-state index is 5.03. The predicted octanol–water partition coefficient (Wildman–Crippen LogP) is 2.68. The molecule has 0 saturated heterocycles. The number of methoxy groups -OCH3 is 1. The van der Waals surface area contributed by atoms with Gasteiger partial charge >= 0.3 is 0 Å². The molecule has 0 unspecified atom stereocenters. The summed E-state index contributed by atoms with van der Waals surface area (Å²) in [5.41, 5.74) is 1.12. The molecule has 0 aliphatic heterocycles. The second-order valence-electron chi connectivity index (χ2n) is 3.38. The van der Waals surface area contributed by atoms with Gasteiger partial charge in [0, 0.05) is 30.8 Å². The van der Waals surface area contributed by atoms with Crippen LogP contribution in [-0.4, -0.2) is 23.1 Å². The van der Waals surface area contributed by atoms with Gasteiger partial charge in [-0.05, 0) is 34.5 Å². The third kappa shape index (κ3) is 2.21. The molecule has 3 nitrogen and oxygen atoms in total. The van der Waals surface area contributed by atoms with Crippen molar-refractivity contribution in [1.29, 1.82) is 0 Å². The zero-order valence-electron chi connectivity index (χ0n) is 8.61. The maximum Gasteiger partial charge on any atom is 0.113 e. The molecule has 80 valence electrons. The molecule has 0 spiro atoms. The highest BCUT2D eigenvalue weighted by molar-refractivity contribution is 9.10. The Kier molecular flexibility index (Phi) is 3.38. The van der Waals surface area contributed by atoms with Crippen molar-refractivity contribution in [3.05, 3.63) is 34.8 Å². The van der Waals surface area contributed by atoms with Crippen molar-refractivity contribution >= 4 is 21.4 Å². The van der Waals surface area contributed by atoms with E-state index >= 15 is 0 Å². The molecule has 0 aromatic carbocycles. The Labute approximate surface area is 97.2 Å². The van der Waals surface area contributed by atoms with E-state index in [0.29, 0.717) is 0 Å². The van der Waals surface area contributed by atoms with Gasteiger partial charge in [0.25, 0.3) is 0 Å². The molecule has 0 saturated carbocycles. The fourth-order valence-corrected chi connectivity index (χ4v) is 2.05. The first-order valence-electron chi connectivity index (χ1n) is 4.92. The van der Waals surface area contributed by atoms with Crippen molar-refractivity contribution in [1.82, 2.24) is 9.38 Å². The number of halogens is 1. The van der Waals surface area contributed by atoms with Gasteiger partial charge in [0.2, 0.25) is 0 Å². The molecule has 0 fully saturated rings. The molecule has 2 aromatic rings. The maximum absolute atomic E-state index is 5.03. The lowest BCUT2D eigenvalue weighted by atomic mass is 10.3. The van der Waals surface area contributed by atoms with E-state index in [1.165, 1.54) is 0 Å². The summed E-state index contributed by atoms with van der Waals surface area (Å²) in [4.78, 5) is 4.41. The van der Waals surface area contributed by atoms with Crippen LogP contribution in [0.5, 0.6) is 0 Å². The molecule has 0 bridgehead atoms. The van der Waals surface area contributed by atoms with E-state index < -0.39 is 0 Å². The number of hydrogen-bond donors (Lipinski definition) is 0. The van der Waals surface area contributed by atoms with Crippen molar-refractivity contribution in [2.45, 2.75) is 12.8 Å². The Morgan fingerprint density at radius 3 is 3.20 bits per heavy atom. The number of aryl methyl sites for hydroxylation is 1. The van der Waals surface area contributed by atoms with Crippen molar-refractivity contribution in [3.63, 3.8) is 0 Å². The van der Waals surface area contributed by atoms with E-state index in [0.717, 1.165) is 35.3 Å². The molecule has 0 aliphatic carbocycles. The summed E-state index contributed by atoms with van der Waals surface area (Å²) in [5, 5.41) is 0. The summed E-state index contributed by atoms with van der Waals surface area (Å²) in [6, 6.07) is 4.04. The van der Waals surface area contributed by atoms with Crippen LogP contribution in [-0.2, 0) is 11.2 Å². The third-order valence-corrected chi connectivity index (χ3v) is 3.02. The number of rotatable bonds is 4. The summed E-state index contributed by atoms with van der Waals surface area (Å²) < 4.78 is 8.22. The van der Waals surface area contributed by atoms with Crippen LogP contribution < -0.4 is 0 Å². The number of fused-ring (bicyclic) bond motifs is 1. The van der Waals surface area contributed by atoms with Crippen LogP contribution in [0.4, 0.5) is 0 Å². The highest BCUT2D eigenvalue weighted by Crippen LogP contribution is 2.18. The summed E-state index contributed by atoms with van der Waals surface area (Å²) >= 11 is 3.51. The van der Waals surface area contributed by atoms with Crippen LogP contribution >= 0.6 is 15.9 Å². The van der Waals surface area contributed by atoms with Gasteiger partial charge in [0.1, 0.15) is 5.82 Å². The Hall–Kier alpha value is -0.870. The van der Waals surface area contributed by atoms with E-state index in [4.69, 9.17) is 4.74 Å². The number of nitrogens with zero attached hydrogens (tertiary/aromatic N) is 2. The number of aromatic nitrogens is 2. The van der Waals surface area contributed by atoms with E-state index in [1.807, 2.05) is 24.5 Å². The Balaban J connectivity index is 2.25. The monoisotopic (exact) mass is 268 g/mol. The van der Waals surface area contributed by atoms with Gasteiger partial charge in [-0.2, -0.15) is 0 Å². The van der Waals surface area contributed by atoms with Gasteiger partial charge in [-0.3, -0.25) is 0 Å². The average molecular weight is 269 g/mol. The second-order valence-corrected chi connectivity index (χ2v) is 4.24. The molecular formula is C11H13BrN2O. The lowest BCUT2D eigenvalue weighted by Crippen LogP contribution is -1.98. The Morgan fingerprint density at radius 1 is 1.53 bits per heavy atom. The van der Waals surface area contributed by atoms with Crippen LogP contribution in [0.2, 0.25) is 0 Å². The molecule has 0 radical (unpaired) electrons. The highest BCUT2D eigenvalue weighted by Gasteiger charge is 2.04. The topological polar surface area (TPSA) is 26.5 Å². The van der Waals surface area contributed by atoms with E-state index in [9.17, 15) is 0 Å². The molecule has 0 amide bonds. The van der Waals surface area contributed by atoms with E-state index in [2.05, 4.69) is 25.3 Å². The predicted molar refractivity (Wildman–Crippen MR) is 63.1 cm³/mol. The zero-order chi connectivity index (χ0) is 10.7. The molecule has 0 N–H and O–H groups in total. The van der Waals surface area contributed by atoms with Gasteiger partial charge < -0.3 is 9.14 Å². The minimum atomic E-state index is 0.781. The number of imidazole rings is 1. The fourth-order valence-electron chi connectivity index (χ4n) is 1.60. The minimum absolute atomic E-state index is 0.781. The largest absolute Gasteiger partial charge is 0.385 e. The zero-order valence-corrected chi connectivity index (χ0v) is 10.2. The van der Waals surface area contributed by atoms with Gasteiger partial charge in [-0.1, -0.05) is 0 Å². The SMILES string of the molecule is COCCCc1ncc2c(Br)cccn12. The molecule has 15 heavy (non-hydrogen) atoms. The van der Waals surface area contributed by atoms with Gasteiger partial charge in [0.05, 0.1) is 11.7 Å². The highest BCUT2D eigenvalue weighted by atomic mass is 79.9. The van der Waals surface area contributed by atoms with Gasteiger partial charge in [-0.15, -0.1) is 0 Å². The van der Waals surface area contributed by atoms with Crippen LogP contribution in [0.25, 0.3) is 5.52 Å². The molecule has 2 heterocycles. The number of pyridine rings is 1. The summed E-state index contributed by atoms with van der Waals surface area (Å²) in [6.07, 6.45) is 5.88. The Bertz CT molecular complexity index is 453. The normalized spacial score (nSPS) is 11.1. The lowest BCUT2D eigenvalue weighted by molar-refractivity contribution is 0.194. The third-order valence-electron chi connectivity index (χ3n) is 2.34. The quantitative estimate of drug-likeness (QED) is 0.798. The van der Waals surface area contributed by atoms with Crippen molar-refractivity contribution in [2.24, 2.45) is 0 Å². The van der Waals surface area contributed by atoms with Crippen LogP contribution in [0.15, 0.2) is 29.0 Å². The molecule has 2 rings (SSSR count). The first-order chi connectivity index (χ1) is 7.33. The fraction of sp³-hybridized carbons (Fsp3) is 0.364. The van der Waals surface area contributed by atoms with Crippen molar-refractivity contribution < 1.29 is 4.74 Å². The minimum Gasteiger partial charge on any atom is -0.385 e. The van der Waals surface area contributed by atoms with Gasteiger partial charge in [-0.25, -0.2) is 4.98 Å². The molecule has 0 atom stereocenters. The first-order valence-corrected chi connectivity index (χ1v) is 5.71. The number of ether oxygens (including phenoxy) is 1. The first kappa shape index (κ1) is 10.6. The van der Waals surface area contributed by atoms with Crippen LogP contribution in [0.1, 0.15) is 12.2 Å². The summed E-state index contributed by atoms with van der Waals surface area (Å²) in [5.74, 6) is 1.09. The van der Waals surface area contributed by atoms with Crippen molar-refractivity contribution in [3.8, 4) is 0 Å². The molecular weight excluding hydrogens is 256 g/mol. The van der Waals surface area contributed by atoms with Crippen molar-refractivity contribution in [2.75, 3.05) is 13.7 Å². The number of hydrogen-bond acceptors (Lipinski definition) is 2. The smallest absolute Gasteiger partial charge is 0.113 e. The standard InChI is InChI=1S/C11H13BrN2O/c1-15-7-3-5-11-13-8-10-9(12)4-2-6-14(10)11/h2,4,6,8H,3,5,7H2,1H3. The molecule has 0 aliphatic rings. The summed E-state index contributed by atoms with van der Waals surface area (Å²) in [7, 11) is 1.72. The summed E-state index contributed by atoms with van der Waals surface area (Å²) in [6.45, 7) is 0.781. The molecule has 4 heteroatoms. The van der Waals surface area contributed by atoms with Gasteiger partial charge in [0.15, 0.2) is 0 Å². The lowest BCUT2D eigenvalue weighted by Gasteiger charge is -2.01.